The molecule has 0 saturated carbocycles. The highest BCUT2D eigenvalue weighted by atomic mass is 32.2. The SMILES string of the molecule is CCCC(NC(=O)[C@H](CC(C)C)NC(=O)[C@@H](NC(=O)c1ccccc1C(=O)O)C1CC[S+]([O-])CC1)C(=O)C(=O)NCC(=O)N[C@H](C(=O)O)c1ccccc1. The number of Topliss-reactive ketones (excluding diaryl/α,β-unsaturated/α-hetero) is 1. The van der Waals surface area contributed by atoms with E-state index in [1.165, 1.54) is 36.4 Å². The molecule has 17 heteroatoms. The number of benzene rings is 2. The van der Waals surface area contributed by atoms with E-state index in [2.05, 4.69) is 26.6 Å². The number of carbonyl (C=O) groups excluding carboxylic acids is 6. The van der Waals surface area contributed by atoms with Crippen LogP contribution in [0.4, 0.5) is 0 Å². The fourth-order valence-corrected chi connectivity index (χ4v) is 7.31. The molecular weight excluding hydrogens is 722 g/mol. The number of rotatable bonds is 19. The fourth-order valence-electron chi connectivity index (χ4n) is 5.97. The Balaban J connectivity index is 1.73. The number of aromatic carboxylic acids is 1. The zero-order valence-corrected chi connectivity index (χ0v) is 31.1. The maximum atomic E-state index is 13.9. The molecule has 4 atom stereocenters. The van der Waals surface area contributed by atoms with Gasteiger partial charge in [-0.2, -0.15) is 0 Å². The molecule has 1 aliphatic rings. The van der Waals surface area contributed by atoms with Gasteiger partial charge in [-0.15, -0.1) is 0 Å². The first kappa shape index (κ1) is 43.1. The Morgan fingerprint density at radius 2 is 1.39 bits per heavy atom. The molecule has 1 aliphatic heterocycles. The summed E-state index contributed by atoms with van der Waals surface area (Å²) in [4.78, 5) is 103. The number of carboxylic acids is 2. The Bertz CT molecular complexity index is 1680. The summed E-state index contributed by atoms with van der Waals surface area (Å²) in [7, 11) is 0. The van der Waals surface area contributed by atoms with Crippen LogP contribution in [0.1, 0.15) is 85.2 Å². The van der Waals surface area contributed by atoms with Crippen molar-refractivity contribution < 1.29 is 53.1 Å². The Kier molecular flexibility index (Phi) is 16.6. The van der Waals surface area contributed by atoms with Crippen molar-refractivity contribution in [3.8, 4) is 0 Å². The summed E-state index contributed by atoms with van der Waals surface area (Å²) in [5.74, 6) is -8.24. The third-order valence-corrected chi connectivity index (χ3v) is 10.1. The average Bonchev–Trinajstić information content (AvgIpc) is 3.14. The molecule has 5 amide bonds. The maximum absolute atomic E-state index is 13.9. The van der Waals surface area contributed by atoms with E-state index in [9.17, 15) is 53.1 Å². The standard InChI is InChI=1S/C37H47N5O11S/c1-4-10-26(31(44)35(48)38-20-28(43)41-30(37(51)52)22-11-6-5-7-12-22)39-33(46)27(19-21(2)3)40-34(47)29(23-15-17-54(53)18-16-23)42-32(45)24-13-8-9-14-25(24)36(49)50/h5-9,11-14,21,23,26-27,29-30H,4,10,15-20H2,1-3H3,(H,38,48)(H,39,46)(H,40,47)(H,41,43)(H,42,45)(H,49,50)(H,51,52)/t23?,26?,27-,29-,30-,54?/m0/s1. The molecule has 1 heterocycles. The average molecular weight is 770 g/mol. The van der Waals surface area contributed by atoms with E-state index in [1.807, 2.05) is 0 Å². The van der Waals surface area contributed by atoms with Gasteiger partial charge in [-0.3, -0.25) is 28.8 Å². The summed E-state index contributed by atoms with van der Waals surface area (Å²) < 4.78 is 12.1. The summed E-state index contributed by atoms with van der Waals surface area (Å²) in [5.41, 5.74) is -0.154. The van der Waals surface area contributed by atoms with Crippen LogP contribution in [-0.4, -0.2) is 98.2 Å². The van der Waals surface area contributed by atoms with Crippen molar-refractivity contribution in [1.29, 1.82) is 0 Å². The van der Waals surface area contributed by atoms with Gasteiger partial charge in [0.2, 0.25) is 23.5 Å². The molecule has 2 aromatic rings. The summed E-state index contributed by atoms with van der Waals surface area (Å²) in [6.45, 7) is 4.59. The van der Waals surface area contributed by atoms with Gasteiger partial charge in [-0.1, -0.05) is 80.8 Å². The number of hydrogen-bond donors (Lipinski definition) is 7. The first-order valence-electron chi connectivity index (χ1n) is 17.6. The van der Waals surface area contributed by atoms with Crippen molar-refractivity contribution in [3.05, 3.63) is 71.3 Å². The highest BCUT2D eigenvalue weighted by Crippen LogP contribution is 2.24. The summed E-state index contributed by atoms with van der Waals surface area (Å²) in [6.07, 6.45) is 1.12. The summed E-state index contributed by atoms with van der Waals surface area (Å²) in [5, 5.41) is 31.5. The number of aliphatic carboxylic acids is 1. The van der Waals surface area contributed by atoms with Crippen molar-refractivity contribution in [2.24, 2.45) is 11.8 Å². The third kappa shape index (κ3) is 12.7. The largest absolute Gasteiger partial charge is 0.616 e. The van der Waals surface area contributed by atoms with Crippen LogP contribution in [0.15, 0.2) is 54.6 Å². The highest BCUT2D eigenvalue weighted by Gasteiger charge is 2.38. The fraction of sp³-hybridized carbons (Fsp3) is 0.459. The lowest BCUT2D eigenvalue weighted by molar-refractivity contribution is -0.142. The van der Waals surface area contributed by atoms with E-state index in [1.54, 1.807) is 39.0 Å². The van der Waals surface area contributed by atoms with Crippen molar-refractivity contribution in [2.75, 3.05) is 18.1 Å². The third-order valence-electron chi connectivity index (χ3n) is 8.74. The predicted molar refractivity (Wildman–Crippen MR) is 196 cm³/mol. The quantitative estimate of drug-likeness (QED) is 0.0786. The predicted octanol–water partition coefficient (Wildman–Crippen LogP) is 1.09. The highest BCUT2D eigenvalue weighted by molar-refractivity contribution is 7.91. The number of amides is 5. The van der Waals surface area contributed by atoms with Crippen LogP contribution >= 0.6 is 0 Å². The Morgan fingerprint density at radius 1 is 0.796 bits per heavy atom. The molecule has 16 nitrogen and oxygen atoms in total. The van der Waals surface area contributed by atoms with Gasteiger partial charge in [0.05, 0.1) is 23.7 Å². The van der Waals surface area contributed by atoms with Crippen molar-refractivity contribution in [3.63, 3.8) is 0 Å². The first-order valence-corrected chi connectivity index (χ1v) is 19.1. The van der Waals surface area contributed by atoms with Crippen LogP contribution in [0.2, 0.25) is 0 Å². The number of hydrogen-bond acceptors (Lipinski definition) is 9. The Morgan fingerprint density at radius 3 is 1.96 bits per heavy atom. The van der Waals surface area contributed by atoms with Gasteiger partial charge >= 0.3 is 11.9 Å². The van der Waals surface area contributed by atoms with E-state index in [0.29, 0.717) is 24.8 Å². The van der Waals surface area contributed by atoms with E-state index in [0.717, 1.165) is 0 Å². The van der Waals surface area contributed by atoms with E-state index >= 15 is 0 Å². The lowest BCUT2D eigenvalue weighted by atomic mass is 9.91. The summed E-state index contributed by atoms with van der Waals surface area (Å²) >= 11 is -1.11. The zero-order valence-electron chi connectivity index (χ0n) is 30.3. The minimum absolute atomic E-state index is 0.0303. The number of ketones is 1. The second-order valence-electron chi connectivity index (χ2n) is 13.3. The molecule has 292 valence electrons. The van der Waals surface area contributed by atoms with E-state index < -0.39 is 95.1 Å². The van der Waals surface area contributed by atoms with Gasteiger partial charge in [-0.05, 0) is 55.2 Å². The summed E-state index contributed by atoms with van der Waals surface area (Å²) in [6, 6.07) is 8.17. The number of nitrogens with one attached hydrogen (secondary N) is 5. The monoisotopic (exact) mass is 769 g/mol. The van der Waals surface area contributed by atoms with Gasteiger partial charge < -0.3 is 41.3 Å². The van der Waals surface area contributed by atoms with Crippen LogP contribution in [-0.2, 0) is 39.9 Å². The molecule has 0 bridgehead atoms. The number of carboxylic acid groups (broad SMARTS) is 2. The molecule has 1 saturated heterocycles. The van der Waals surface area contributed by atoms with Gasteiger partial charge in [0.25, 0.3) is 11.8 Å². The van der Waals surface area contributed by atoms with Gasteiger partial charge in [0.15, 0.2) is 6.04 Å². The molecule has 0 radical (unpaired) electrons. The minimum Gasteiger partial charge on any atom is -0.616 e. The van der Waals surface area contributed by atoms with Crippen molar-refractivity contribution in [2.45, 2.75) is 77.0 Å². The minimum atomic E-state index is -1.40. The van der Waals surface area contributed by atoms with Crippen molar-refractivity contribution in [1.82, 2.24) is 26.6 Å². The van der Waals surface area contributed by atoms with Crippen LogP contribution in [0.3, 0.4) is 0 Å². The van der Waals surface area contributed by atoms with Crippen LogP contribution in [0, 0.1) is 11.8 Å². The smallest absolute Gasteiger partial charge is 0.336 e. The first-order chi connectivity index (χ1) is 25.6. The second-order valence-corrected chi connectivity index (χ2v) is 15.0. The molecule has 1 fully saturated rings. The zero-order chi connectivity index (χ0) is 39.9. The van der Waals surface area contributed by atoms with Gasteiger partial charge in [0.1, 0.15) is 23.6 Å². The van der Waals surface area contributed by atoms with Gasteiger partial charge in [0, 0.05) is 0 Å². The van der Waals surface area contributed by atoms with Crippen LogP contribution < -0.4 is 26.6 Å². The molecule has 54 heavy (non-hydrogen) atoms. The topological polar surface area (TPSA) is 260 Å². The Labute approximate surface area is 315 Å². The van der Waals surface area contributed by atoms with Crippen LogP contribution in [0.25, 0.3) is 0 Å². The molecule has 2 aromatic carbocycles. The number of carbonyl (C=O) groups is 8. The lowest BCUT2D eigenvalue weighted by Crippen LogP contribution is -2.59. The molecule has 7 N–H and O–H groups in total. The van der Waals surface area contributed by atoms with Crippen molar-refractivity contribution >= 4 is 58.4 Å². The lowest BCUT2D eigenvalue weighted by Gasteiger charge is -2.32. The molecule has 0 aliphatic carbocycles. The molecule has 3 rings (SSSR count). The molecular formula is C37H47N5O11S. The van der Waals surface area contributed by atoms with Gasteiger partial charge in [-0.25, -0.2) is 9.59 Å². The Hall–Kier alpha value is -5.29. The van der Waals surface area contributed by atoms with E-state index in [4.69, 9.17) is 0 Å². The van der Waals surface area contributed by atoms with E-state index in [-0.39, 0.29) is 41.4 Å². The maximum Gasteiger partial charge on any atom is 0.336 e. The van der Waals surface area contributed by atoms with Crippen LogP contribution in [0.5, 0.6) is 0 Å². The molecule has 1 unspecified atom stereocenters. The molecule has 0 aromatic heterocycles. The molecule has 0 spiro atoms. The second kappa shape index (κ2) is 20.8. The normalized spacial score (nSPS) is 17.5.